The Hall–Kier alpha value is -1.39. The van der Waals surface area contributed by atoms with E-state index in [1.54, 1.807) is 12.1 Å². The molecule has 0 spiro atoms. The summed E-state index contributed by atoms with van der Waals surface area (Å²) in [6, 6.07) is 5.09. The fraction of sp³-hybridized carbons (Fsp3) is 0.429. The molecule has 1 aromatic carbocycles. The van der Waals surface area contributed by atoms with Gasteiger partial charge in [-0.3, -0.25) is 10.1 Å². The van der Waals surface area contributed by atoms with Gasteiger partial charge in [-0.05, 0) is 38.4 Å². The molecule has 0 aliphatic heterocycles. The lowest BCUT2D eigenvalue weighted by atomic mass is 10.1. The topological polar surface area (TPSA) is 55.2 Å². The number of hydrogen-bond acceptors (Lipinski definition) is 3. The maximum atomic E-state index is 10.8. The molecule has 19 heavy (non-hydrogen) atoms. The van der Waals surface area contributed by atoms with E-state index in [-0.39, 0.29) is 16.8 Å². The highest BCUT2D eigenvalue weighted by Crippen LogP contribution is 2.26. The van der Waals surface area contributed by atoms with Crippen LogP contribution in [0.1, 0.15) is 32.8 Å². The number of halogens is 1. The van der Waals surface area contributed by atoms with Crippen LogP contribution in [0.3, 0.4) is 0 Å². The van der Waals surface area contributed by atoms with Crippen molar-refractivity contribution in [1.82, 2.24) is 5.32 Å². The van der Waals surface area contributed by atoms with Crippen LogP contribution in [-0.2, 0) is 0 Å². The molecule has 5 heteroatoms. The molecule has 0 saturated carbocycles. The van der Waals surface area contributed by atoms with Crippen LogP contribution < -0.4 is 5.32 Å². The Kier molecular flexibility index (Phi) is 5.99. The monoisotopic (exact) mass is 282 g/mol. The van der Waals surface area contributed by atoms with Crippen LogP contribution in [0.25, 0.3) is 6.08 Å². The summed E-state index contributed by atoms with van der Waals surface area (Å²) >= 11 is 5.78. The summed E-state index contributed by atoms with van der Waals surface area (Å²) in [7, 11) is 0. The summed E-state index contributed by atoms with van der Waals surface area (Å²) in [5.41, 5.74) is 1.86. The first-order valence-electron chi connectivity index (χ1n) is 6.31. The van der Waals surface area contributed by atoms with Gasteiger partial charge in [0.1, 0.15) is 5.02 Å². The van der Waals surface area contributed by atoms with E-state index >= 15 is 0 Å². The summed E-state index contributed by atoms with van der Waals surface area (Å²) in [5, 5.41) is 14.4. The molecule has 0 amide bonds. The second kappa shape index (κ2) is 7.26. The predicted molar refractivity (Wildman–Crippen MR) is 79.5 cm³/mol. The SMILES string of the molecule is CCCNC(C)/C(C)=C/c1ccc(Cl)c([N+](=O)[O-])c1. The molecule has 0 bridgehead atoms. The van der Waals surface area contributed by atoms with Crippen molar-refractivity contribution in [1.29, 1.82) is 0 Å². The van der Waals surface area contributed by atoms with Gasteiger partial charge in [0, 0.05) is 12.1 Å². The standard InChI is InChI=1S/C14H19ClN2O2/c1-4-7-16-11(3)10(2)8-12-5-6-13(15)14(9-12)17(18)19/h5-6,8-9,11,16H,4,7H2,1-3H3/b10-8+. The molecule has 0 aliphatic carbocycles. The molecule has 1 atom stereocenters. The Morgan fingerprint density at radius 1 is 1.58 bits per heavy atom. The number of benzene rings is 1. The van der Waals surface area contributed by atoms with Crippen molar-refractivity contribution in [3.8, 4) is 0 Å². The third-order valence-corrected chi connectivity index (χ3v) is 3.26. The van der Waals surface area contributed by atoms with Crippen LogP contribution in [0.4, 0.5) is 5.69 Å². The van der Waals surface area contributed by atoms with Crippen molar-refractivity contribution in [2.75, 3.05) is 6.54 Å². The zero-order chi connectivity index (χ0) is 14.4. The molecular weight excluding hydrogens is 264 g/mol. The van der Waals surface area contributed by atoms with Crippen LogP contribution in [0, 0.1) is 10.1 Å². The van der Waals surface area contributed by atoms with E-state index in [0.29, 0.717) is 0 Å². The van der Waals surface area contributed by atoms with Crippen molar-refractivity contribution in [2.45, 2.75) is 33.2 Å². The summed E-state index contributed by atoms with van der Waals surface area (Å²) in [4.78, 5) is 10.4. The highest BCUT2D eigenvalue weighted by Gasteiger charge is 2.12. The number of nitro groups is 1. The fourth-order valence-electron chi connectivity index (χ4n) is 1.67. The van der Waals surface area contributed by atoms with Crippen molar-refractivity contribution >= 4 is 23.4 Å². The Morgan fingerprint density at radius 3 is 2.84 bits per heavy atom. The zero-order valence-corrected chi connectivity index (χ0v) is 12.2. The molecular formula is C14H19ClN2O2. The van der Waals surface area contributed by atoms with Gasteiger partial charge in [-0.1, -0.05) is 36.2 Å². The second-order valence-electron chi connectivity index (χ2n) is 4.53. The molecule has 1 rings (SSSR count). The minimum absolute atomic E-state index is 0.0580. The minimum atomic E-state index is -0.465. The molecule has 0 heterocycles. The summed E-state index contributed by atoms with van der Waals surface area (Å²) in [6.45, 7) is 7.15. The number of nitrogens with one attached hydrogen (secondary N) is 1. The lowest BCUT2D eigenvalue weighted by Gasteiger charge is -2.14. The molecule has 1 unspecified atom stereocenters. The molecule has 0 aliphatic rings. The molecule has 4 nitrogen and oxygen atoms in total. The van der Waals surface area contributed by atoms with E-state index in [1.165, 1.54) is 6.07 Å². The number of hydrogen-bond donors (Lipinski definition) is 1. The Balaban J connectivity index is 2.92. The third kappa shape index (κ3) is 4.65. The average molecular weight is 283 g/mol. The molecule has 104 valence electrons. The highest BCUT2D eigenvalue weighted by molar-refractivity contribution is 6.32. The summed E-state index contributed by atoms with van der Waals surface area (Å²) in [5.74, 6) is 0. The normalized spacial score (nSPS) is 13.4. The van der Waals surface area contributed by atoms with Crippen molar-refractivity contribution < 1.29 is 4.92 Å². The van der Waals surface area contributed by atoms with Gasteiger partial charge in [0.2, 0.25) is 0 Å². The van der Waals surface area contributed by atoms with Gasteiger partial charge < -0.3 is 5.32 Å². The second-order valence-corrected chi connectivity index (χ2v) is 4.94. The largest absolute Gasteiger partial charge is 0.311 e. The maximum absolute atomic E-state index is 10.8. The number of nitro benzene ring substituents is 1. The molecule has 1 N–H and O–H groups in total. The molecule has 0 fully saturated rings. The minimum Gasteiger partial charge on any atom is -0.311 e. The fourth-order valence-corrected chi connectivity index (χ4v) is 1.86. The van der Waals surface area contributed by atoms with Gasteiger partial charge in [0.05, 0.1) is 4.92 Å². The molecule has 1 aromatic rings. The Morgan fingerprint density at radius 2 is 2.26 bits per heavy atom. The van der Waals surface area contributed by atoms with E-state index in [4.69, 9.17) is 11.6 Å². The van der Waals surface area contributed by atoms with Crippen molar-refractivity contribution in [3.05, 3.63) is 44.5 Å². The van der Waals surface area contributed by atoms with Crippen LogP contribution >= 0.6 is 11.6 Å². The van der Waals surface area contributed by atoms with Gasteiger partial charge in [-0.2, -0.15) is 0 Å². The smallest absolute Gasteiger partial charge is 0.288 e. The number of nitrogens with zero attached hydrogens (tertiary/aromatic N) is 1. The van der Waals surface area contributed by atoms with Gasteiger partial charge in [0.25, 0.3) is 5.69 Å². The Labute approximate surface area is 118 Å². The van der Waals surface area contributed by atoms with Crippen LogP contribution in [0.2, 0.25) is 5.02 Å². The summed E-state index contributed by atoms with van der Waals surface area (Å²) < 4.78 is 0. The van der Waals surface area contributed by atoms with E-state index in [9.17, 15) is 10.1 Å². The Bertz CT molecular complexity index is 486. The third-order valence-electron chi connectivity index (χ3n) is 2.94. The summed E-state index contributed by atoms with van der Waals surface area (Å²) in [6.07, 6.45) is 3.01. The highest BCUT2D eigenvalue weighted by atomic mass is 35.5. The van der Waals surface area contributed by atoms with E-state index in [2.05, 4.69) is 19.2 Å². The van der Waals surface area contributed by atoms with Crippen LogP contribution in [0.15, 0.2) is 23.8 Å². The van der Waals surface area contributed by atoms with Gasteiger partial charge >= 0.3 is 0 Å². The van der Waals surface area contributed by atoms with Gasteiger partial charge in [-0.15, -0.1) is 0 Å². The van der Waals surface area contributed by atoms with Gasteiger partial charge in [-0.25, -0.2) is 0 Å². The molecule has 0 radical (unpaired) electrons. The van der Waals surface area contributed by atoms with Gasteiger partial charge in [0.15, 0.2) is 0 Å². The first-order chi connectivity index (χ1) is 8.95. The number of rotatable bonds is 6. The first kappa shape index (κ1) is 15.7. The lowest BCUT2D eigenvalue weighted by Crippen LogP contribution is -2.27. The van der Waals surface area contributed by atoms with Crippen molar-refractivity contribution in [3.63, 3.8) is 0 Å². The average Bonchev–Trinajstić information content (AvgIpc) is 2.37. The first-order valence-corrected chi connectivity index (χ1v) is 6.69. The van der Waals surface area contributed by atoms with Crippen LogP contribution in [-0.4, -0.2) is 17.5 Å². The van der Waals surface area contributed by atoms with Crippen molar-refractivity contribution in [2.24, 2.45) is 0 Å². The van der Waals surface area contributed by atoms with E-state index in [1.807, 2.05) is 13.0 Å². The predicted octanol–water partition coefficient (Wildman–Crippen LogP) is 4.04. The van der Waals surface area contributed by atoms with Crippen LogP contribution in [0.5, 0.6) is 0 Å². The quantitative estimate of drug-likeness (QED) is 0.633. The lowest BCUT2D eigenvalue weighted by molar-refractivity contribution is -0.384. The maximum Gasteiger partial charge on any atom is 0.288 e. The van der Waals surface area contributed by atoms with E-state index < -0.39 is 4.92 Å². The zero-order valence-electron chi connectivity index (χ0n) is 11.4. The van der Waals surface area contributed by atoms with E-state index in [0.717, 1.165) is 24.1 Å². The molecule has 0 saturated heterocycles. The molecule has 0 aromatic heterocycles.